The fourth-order valence-corrected chi connectivity index (χ4v) is 8.87. The van der Waals surface area contributed by atoms with Crippen molar-refractivity contribution in [3.63, 3.8) is 0 Å². The van der Waals surface area contributed by atoms with Gasteiger partial charge in [0.2, 0.25) is 0 Å². The molecule has 0 aromatic carbocycles. The number of aliphatic hydroxyl groups excluding tert-OH is 4. The van der Waals surface area contributed by atoms with Gasteiger partial charge in [-0.3, -0.25) is 0 Å². The number of rotatable bonds is 16. The van der Waals surface area contributed by atoms with E-state index in [1.54, 1.807) is 6.54 Å². The van der Waals surface area contributed by atoms with Gasteiger partial charge in [-0.15, -0.1) is 4.99 Å². The van der Waals surface area contributed by atoms with Gasteiger partial charge in [-0.2, -0.15) is 0 Å². The van der Waals surface area contributed by atoms with Gasteiger partial charge in [0.15, 0.2) is 24.2 Å². The van der Waals surface area contributed by atoms with Gasteiger partial charge in [-0.25, -0.2) is 4.79 Å². The summed E-state index contributed by atoms with van der Waals surface area (Å²) in [6, 6.07) is 0. The summed E-state index contributed by atoms with van der Waals surface area (Å²) < 4.78 is 18.4. The molecule has 2 aliphatic carbocycles. The third-order valence-electron chi connectivity index (χ3n) is 12.2. The molecule has 0 bridgehead atoms. The van der Waals surface area contributed by atoms with E-state index in [4.69, 9.17) is 14.2 Å². The summed E-state index contributed by atoms with van der Waals surface area (Å²) in [4.78, 5) is 16.2. The van der Waals surface area contributed by atoms with E-state index in [2.05, 4.69) is 24.2 Å². The van der Waals surface area contributed by atoms with E-state index >= 15 is 0 Å². The fraction of sp³-hybridized carbons (Fsp3) is 0.865. The average molecular weight is 694 g/mol. The number of carboxylic acids is 1. The maximum absolute atomic E-state index is 12.0. The van der Waals surface area contributed by atoms with Crippen LogP contribution in [0.3, 0.4) is 0 Å². The largest absolute Gasteiger partial charge is 0.479 e. The number of fused-ring (bicyclic) bond motifs is 1. The molecule has 12 atom stereocenters. The van der Waals surface area contributed by atoms with Gasteiger partial charge < -0.3 is 50.2 Å². The molecule has 2 saturated heterocycles. The van der Waals surface area contributed by atoms with Crippen molar-refractivity contribution < 1.29 is 49.6 Å². The lowest BCUT2D eigenvalue weighted by Gasteiger charge is -2.50. The average Bonchev–Trinajstić information content (AvgIpc) is 3.60. The predicted molar refractivity (Wildman–Crippen MR) is 182 cm³/mol. The Balaban J connectivity index is 1.22. The molecule has 0 amide bonds. The van der Waals surface area contributed by atoms with Crippen molar-refractivity contribution in [2.24, 2.45) is 34.6 Å². The monoisotopic (exact) mass is 693 g/mol. The minimum absolute atomic E-state index is 0.0234. The van der Waals surface area contributed by atoms with E-state index in [1.807, 2.05) is 12.3 Å². The number of ether oxygens (including phenoxy) is 3. The Morgan fingerprint density at radius 3 is 2.55 bits per heavy atom. The Morgan fingerprint density at radius 1 is 1.08 bits per heavy atom. The number of hydrogen-bond donors (Lipinski definition) is 7. The Hall–Kier alpha value is -1.61. The zero-order chi connectivity index (χ0) is 35.1. The minimum Gasteiger partial charge on any atom is -0.479 e. The Kier molecular flexibility index (Phi) is 14.0. The van der Waals surface area contributed by atoms with Gasteiger partial charge in [0.1, 0.15) is 24.3 Å². The lowest BCUT2D eigenvalue weighted by Crippen LogP contribution is -2.71. The number of nitrogens with one attached hydrogen (secondary N) is 1. The van der Waals surface area contributed by atoms with Gasteiger partial charge in [-0.05, 0) is 62.8 Å². The second-order valence-electron chi connectivity index (χ2n) is 15.6. The van der Waals surface area contributed by atoms with E-state index in [9.17, 15) is 35.4 Å². The van der Waals surface area contributed by atoms with Crippen LogP contribution in [0.5, 0.6) is 0 Å². The second kappa shape index (κ2) is 17.7. The molecule has 278 valence electrons. The molecule has 12 heteroatoms. The zero-order valence-electron chi connectivity index (χ0n) is 29.3. The summed E-state index contributed by atoms with van der Waals surface area (Å²) in [5.74, 6) is -0.608. The van der Waals surface area contributed by atoms with Crippen molar-refractivity contribution in [1.82, 2.24) is 5.32 Å². The van der Waals surface area contributed by atoms with Crippen LogP contribution < -0.4 is 5.32 Å². The minimum atomic E-state index is -2.14. The van der Waals surface area contributed by atoms with Crippen molar-refractivity contribution >= 4 is 12.2 Å². The maximum atomic E-state index is 12.0. The number of carboxylic acid groups (broad SMARTS) is 1. The molecule has 49 heavy (non-hydrogen) atoms. The van der Waals surface area contributed by atoms with E-state index in [1.165, 1.54) is 19.3 Å². The quantitative estimate of drug-likeness (QED) is 0.0930. The molecule has 12 unspecified atom stereocenters. The third kappa shape index (κ3) is 9.44. The van der Waals surface area contributed by atoms with Crippen LogP contribution in [-0.2, 0) is 19.0 Å². The summed E-state index contributed by atoms with van der Waals surface area (Å²) in [6.45, 7) is 6.96. The molecule has 4 fully saturated rings. The standard InChI is InChI=1S/C37H60N2O10/c1-3-4-5-6-7-22(2)25(16-23-14-15-38-18-23)19-39-21-37(46)34(43)32(42)33(35(44)45)49-36(37)48-27-12-13-28-30(17-27)47-20-29(31(28)41)24-8-10-26(40)11-9-24/h14-15,18,22,24-34,36,39-43,46H,3-13,16-17,19-21H2,1-2H3/p+1. The first-order valence-corrected chi connectivity index (χ1v) is 18.9. The SMILES string of the molecule is CCCCCCC(C)C(CNCC1(O)C(OC2CCC3C(C2)OCC(C2CCC(O)CC2)C3O)OC(C(=O)O)C(O)C1O)CC1=C[CH+]N=C1. The number of allylic oxidation sites excluding steroid dienone is 1. The number of nitrogens with zero attached hydrogens (tertiary/aromatic N) is 1. The molecule has 12 nitrogen and oxygen atoms in total. The van der Waals surface area contributed by atoms with Crippen LogP contribution in [0.4, 0.5) is 0 Å². The summed E-state index contributed by atoms with van der Waals surface area (Å²) >= 11 is 0. The fourth-order valence-electron chi connectivity index (χ4n) is 8.87. The Morgan fingerprint density at radius 2 is 1.86 bits per heavy atom. The first kappa shape index (κ1) is 38.6. The topological polar surface area (TPSA) is 191 Å². The van der Waals surface area contributed by atoms with Gasteiger partial charge in [0, 0.05) is 31.2 Å². The van der Waals surface area contributed by atoms with Gasteiger partial charge in [0.05, 0.1) is 37.1 Å². The molecular weight excluding hydrogens is 632 g/mol. The summed E-state index contributed by atoms with van der Waals surface area (Å²) in [5.41, 5.74) is -1.01. The number of unbranched alkanes of at least 4 members (excludes halogenated alkanes) is 3. The summed E-state index contributed by atoms with van der Waals surface area (Å²) in [7, 11) is 0. The first-order chi connectivity index (χ1) is 23.5. The molecule has 0 radical (unpaired) electrons. The lowest BCUT2D eigenvalue weighted by atomic mass is 9.69. The van der Waals surface area contributed by atoms with Crippen molar-refractivity contribution in [1.29, 1.82) is 0 Å². The Labute approximate surface area is 291 Å². The van der Waals surface area contributed by atoms with Crippen molar-refractivity contribution in [3.05, 3.63) is 18.2 Å². The second-order valence-corrected chi connectivity index (χ2v) is 15.6. The molecular formula is C37H61N2O10+. The highest BCUT2D eigenvalue weighted by molar-refractivity contribution is 5.81. The first-order valence-electron chi connectivity index (χ1n) is 18.9. The normalized spacial score (nSPS) is 40.6. The maximum Gasteiger partial charge on any atom is 0.335 e. The third-order valence-corrected chi connectivity index (χ3v) is 12.2. The number of carbonyl (C=O) groups is 1. The molecule has 5 aliphatic rings. The highest BCUT2D eigenvalue weighted by Crippen LogP contribution is 2.44. The van der Waals surface area contributed by atoms with Crippen LogP contribution >= 0.6 is 0 Å². The molecule has 3 aliphatic heterocycles. The number of aliphatic hydroxyl groups is 5. The molecule has 0 aromatic heterocycles. The smallest absolute Gasteiger partial charge is 0.335 e. The van der Waals surface area contributed by atoms with E-state index in [-0.39, 0.29) is 36.5 Å². The van der Waals surface area contributed by atoms with Crippen LogP contribution in [0.25, 0.3) is 0 Å². The Bertz CT molecular complexity index is 1110. The molecule has 0 spiro atoms. The predicted octanol–water partition coefficient (Wildman–Crippen LogP) is 2.74. The summed E-state index contributed by atoms with van der Waals surface area (Å²) in [6.07, 6.45) is 6.68. The van der Waals surface area contributed by atoms with Gasteiger partial charge >= 0.3 is 5.97 Å². The number of aliphatic imine (C=N–C) groups is 1. The number of hydrogen-bond acceptors (Lipinski definition) is 11. The van der Waals surface area contributed by atoms with E-state index in [0.717, 1.165) is 50.5 Å². The molecule has 5 rings (SSSR count). The van der Waals surface area contributed by atoms with Crippen LogP contribution in [0.15, 0.2) is 16.6 Å². The molecule has 0 aromatic rings. The van der Waals surface area contributed by atoms with Crippen molar-refractivity contribution in [2.75, 3.05) is 19.7 Å². The van der Waals surface area contributed by atoms with Crippen LogP contribution in [0.2, 0.25) is 0 Å². The number of aliphatic carboxylic acids is 1. The van der Waals surface area contributed by atoms with Gasteiger partial charge in [0.25, 0.3) is 0 Å². The van der Waals surface area contributed by atoms with Crippen LogP contribution in [0.1, 0.15) is 97.3 Å². The highest BCUT2D eigenvalue weighted by atomic mass is 16.7. The molecule has 3 heterocycles. The zero-order valence-corrected chi connectivity index (χ0v) is 29.3. The van der Waals surface area contributed by atoms with E-state index in [0.29, 0.717) is 44.2 Å². The van der Waals surface area contributed by atoms with Crippen LogP contribution in [0, 0.1) is 36.1 Å². The summed E-state index contributed by atoms with van der Waals surface area (Å²) in [5, 5.41) is 68.3. The lowest BCUT2D eigenvalue weighted by molar-refractivity contribution is -0.345. The van der Waals surface area contributed by atoms with Crippen molar-refractivity contribution in [3.8, 4) is 0 Å². The van der Waals surface area contributed by atoms with Crippen molar-refractivity contribution in [2.45, 2.75) is 152 Å². The van der Waals surface area contributed by atoms with Gasteiger partial charge in [-0.1, -0.05) is 46.0 Å². The molecule has 2 saturated carbocycles. The van der Waals surface area contributed by atoms with E-state index < -0.39 is 48.4 Å². The molecule has 7 N–H and O–H groups in total. The highest BCUT2D eigenvalue weighted by Gasteiger charge is 2.58. The van der Waals surface area contributed by atoms with Crippen LogP contribution in [-0.4, -0.2) is 117 Å².